The SMILES string of the molecule is CCOCC(O)CN1CCc2cc(OC)c(OC)cc2C1c1cccs1. The van der Waals surface area contributed by atoms with Crippen LogP contribution in [0.25, 0.3) is 0 Å². The third kappa shape index (κ3) is 4.04. The number of ether oxygens (including phenoxy) is 3. The van der Waals surface area contributed by atoms with Gasteiger partial charge in [0.2, 0.25) is 0 Å². The van der Waals surface area contributed by atoms with Gasteiger partial charge in [-0.3, -0.25) is 4.90 Å². The maximum absolute atomic E-state index is 10.4. The zero-order valence-corrected chi connectivity index (χ0v) is 16.4. The number of aliphatic hydroxyl groups excluding tert-OH is 1. The van der Waals surface area contributed by atoms with Gasteiger partial charge in [-0.25, -0.2) is 0 Å². The molecule has 5 nitrogen and oxygen atoms in total. The standard InChI is InChI=1S/C20H27NO4S/c1-4-25-13-15(22)12-21-8-7-14-10-17(23-2)18(24-3)11-16(14)20(21)19-6-5-9-26-19/h5-6,9-11,15,20,22H,4,7-8,12-13H2,1-3H3. The Hall–Kier alpha value is -1.60. The van der Waals surface area contributed by atoms with Crippen molar-refractivity contribution in [3.05, 3.63) is 45.6 Å². The zero-order chi connectivity index (χ0) is 18.5. The number of methoxy groups -OCH3 is 2. The highest BCUT2D eigenvalue weighted by atomic mass is 32.1. The van der Waals surface area contributed by atoms with Gasteiger partial charge in [0, 0.05) is 24.6 Å². The van der Waals surface area contributed by atoms with Crippen molar-refractivity contribution in [3.63, 3.8) is 0 Å². The van der Waals surface area contributed by atoms with Crippen LogP contribution >= 0.6 is 11.3 Å². The molecule has 0 saturated heterocycles. The summed E-state index contributed by atoms with van der Waals surface area (Å²) in [6.45, 7) is 4.39. The van der Waals surface area contributed by atoms with Crippen LogP contribution in [0.3, 0.4) is 0 Å². The molecule has 2 aromatic rings. The van der Waals surface area contributed by atoms with Gasteiger partial charge in [0.25, 0.3) is 0 Å². The summed E-state index contributed by atoms with van der Waals surface area (Å²) >= 11 is 1.74. The van der Waals surface area contributed by atoms with E-state index in [1.807, 2.05) is 6.92 Å². The van der Waals surface area contributed by atoms with E-state index in [1.54, 1.807) is 25.6 Å². The van der Waals surface area contributed by atoms with Gasteiger partial charge in [0.05, 0.1) is 33.0 Å². The molecule has 6 heteroatoms. The normalized spacial score (nSPS) is 18.4. The fourth-order valence-electron chi connectivity index (χ4n) is 3.55. The number of aliphatic hydroxyl groups is 1. The molecule has 142 valence electrons. The first-order chi connectivity index (χ1) is 12.7. The Kier molecular flexibility index (Phi) is 6.53. The molecule has 0 saturated carbocycles. The number of benzene rings is 1. The molecule has 0 amide bonds. The van der Waals surface area contributed by atoms with Crippen LogP contribution in [0.2, 0.25) is 0 Å². The van der Waals surface area contributed by atoms with Crippen LogP contribution in [0, 0.1) is 0 Å². The van der Waals surface area contributed by atoms with Crippen LogP contribution in [-0.2, 0) is 11.2 Å². The van der Waals surface area contributed by atoms with Gasteiger partial charge in [-0.15, -0.1) is 11.3 Å². The summed E-state index contributed by atoms with van der Waals surface area (Å²) < 4.78 is 16.4. The van der Waals surface area contributed by atoms with Crippen LogP contribution < -0.4 is 9.47 Å². The molecule has 2 atom stereocenters. The van der Waals surface area contributed by atoms with Crippen LogP contribution in [0.4, 0.5) is 0 Å². The molecular weight excluding hydrogens is 350 g/mol. The van der Waals surface area contributed by atoms with E-state index in [-0.39, 0.29) is 6.04 Å². The fraction of sp³-hybridized carbons (Fsp3) is 0.500. The van der Waals surface area contributed by atoms with E-state index in [1.165, 1.54) is 16.0 Å². The van der Waals surface area contributed by atoms with E-state index in [4.69, 9.17) is 14.2 Å². The van der Waals surface area contributed by atoms with Crippen molar-refractivity contribution >= 4 is 11.3 Å². The van der Waals surface area contributed by atoms with Crippen molar-refractivity contribution in [2.75, 3.05) is 40.5 Å². The molecule has 1 aromatic carbocycles. The molecule has 0 aliphatic carbocycles. The van der Waals surface area contributed by atoms with Gasteiger partial charge >= 0.3 is 0 Å². The Balaban J connectivity index is 1.94. The summed E-state index contributed by atoms with van der Waals surface area (Å²) in [6.07, 6.45) is 0.415. The number of hydrogen-bond donors (Lipinski definition) is 1. The number of hydrogen-bond acceptors (Lipinski definition) is 6. The van der Waals surface area contributed by atoms with Crippen molar-refractivity contribution < 1.29 is 19.3 Å². The second-order valence-corrected chi connectivity index (χ2v) is 7.36. The van der Waals surface area contributed by atoms with E-state index < -0.39 is 6.10 Å². The lowest BCUT2D eigenvalue weighted by molar-refractivity contribution is 0.0143. The lowest BCUT2D eigenvalue weighted by atomic mass is 9.90. The van der Waals surface area contributed by atoms with Crippen molar-refractivity contribution in [1.82, 2.24) is 4.90 Å². The molecule has 1 aromatic heterocycles. The molecule has 1 aliphatic rings. The highest BCUT2D eigenvalue weighted by molar-refractivity contribution is 7.10. The van der Waals surface area contributed by atoms with Gasteiger partial charge in [-0.1, -0.05) is 6.07 Å². The molecule has 26 heavy (non-hydrogen) atoms. The Morgan fingerprint density at radius 1 is 1.27 bits per heavy atom. The Labute approximate surface area is 159 Å². The minimum Gasteiger partial charge on any atom is -0.493 e. The number of rotatable bonds is 8. The highest BCUT2D eigenvalue weighted by Crippen LogP contribution is 2.42. The maximum Gasteiger partial charge on any atom is 0.161 e. The van der Waals surface area contributed by atoms with Gasteiger partial charge in [0.1, 0.15) is 0 Å². The van der Waals surface area contributed by atoms with Crippen molar-refractivity contribution in [2.24, 2.45) is 0 Å². The van der Waals surface area contributed by atoms with Crippen LogP contribution in [0.1, 0.15) is 29.0 Å². The van der Waals surface area contributed by atoms with Crippen molar-refractivity contribution in [3.8, 4) is 11.5 Å². The molecule has 0 bridgehead atoms. The average molecular weight is 378 g/mol. The quantitative estimate of drug-likeness (QED) is 0.766. The van der Waals surface area contributed by atoms with Gasteiger partial charge in [-0.05, 0) is 48.1 Å². The van der Waals surface area contributed by atoms with Crippen LogP contribution in [0.15, 0.2) is 29.6 Å². The topological polar surface area (TPSA) is 51.2 Å². The third-order valence-electron chi connectivity index (χ3n) is 4.75. The summed E-state index contributed by atoms with van der Waals surface area (Å²) in [5.41, 5.74) is 2.50. The molecule has 0 radical (unpaired) electrons. The first kappa shape index (κ1) is 19.2. The number of β-amino-alcohol motifs (C(OH)–C–C–N with tert-alkyl or cyclic N) is 1. The average Bonchev–Trinajstić information content (AvgIpc) is 3.19. The molecule has 3 rings (SSSR count). The van der Waals surface area contributed by atoms with E-state index in [9.17, 15) is 5.11 Å². The minimum absolute atomic E-state index is 0.106. The smallest absolute Gasteiger partial charge is 0.161 e. The van der Waals surface area contributed by atoms with E-state index in [2.05, 4.69) is 34.5 Å². The summed E-state index contributed by atoms with van der Waals surface area (Å²) in [5.74, 6) is 1.51. The Morgan fingerprint density at radius 2 is 2.04 bits per heavy atom. The monoisotopic (exact) mass is 377 g/mol. The molecular formula is C20H27NO4S. The number of fused-ring (bicyclic) bond motifs is 1. The van der Waals surface area contributed by atoms with Gasteiger partial charge in [-0.2, -0.15) is 0 Å². The van der Waals surface area contributed by atoms with Crippen molar-refractivity contribution in [1.29, 1.82) is 0 Å². The maximum atomic E-state index is 10.4. The molecule has 0 spiro atoms. The van der Waals surface area contributed by atoms with Crippen LogP contribution in [-0.4, -0.2) is 56.6 Å². The first-order valence-electron chi connectivity index (χ1n) is 8.96. The fourth-order valence-corrected chi connectivity index (χ4v) is 4.43. The van der Waals surface area contributed by atoms with Crippen molar-refractivity contribution in [2.45, 2.75) is 25.5 Å². The predicted molar refractivity (Wildman–Crippen MR) is 103 cm³/mol. The lowest BCUT2D eigenvalue weighted by Crippen LogP contribution is -2.41. The highest BCUT2D eigenvalue weighted by Gasteiger charge is 2.32. The lowest BCUT2D eigenvalue weighted by Gasteiger charge is -2.38. The summed E-state index contributed by atoms with van der Waals surface area (Å²) in [5, 5.41) is 12.5. The zero-order valence-electron chi connectivity index (χ0n) is 15.6. The first-order valence-corrected chi connectivity index (χ1v) is 9.83. The van der Waals surface area contributed by atoms with Crippen LogP contribution in [0.5, 0.6) is 11.5 Å². The molecule has 1 aliphatic heterocycles. The molecule has 2 heterocycles. The number of nitrogens with zero attached hydrogens (tertiary/aromatic N) is 1. The molecule has 2 unspecified atom stereocenters. The summed E-state index contributed by atoms with van der Waals surface area (Å²) in [4.78, 5) is 3.60. The summed E-state index contributed by atoms with van der Waals surface area (Å²) in [6, 6.07) is 8.50. The van der Waals surface area contributed by atoms with E-state index >= 15 is 0 Å². The predicted octanol–water partition coefficient (Wildman–Crippen LogP) is 3.11. The molecule has 1 N–H and O–H groups in total. The Bertz CT molecular complexity index is 704. The largest absolute Gasteiger partial charge is 0.493 e. The van der Waals surface area contributed by atoms with E-state index in [0.29, 0.717) is 19.8 Å². The second kappa shape index (κ2) is 8.86. The van der Waals surface area contributed by atoms with E-state index in [0.717, 1.165) is 24.5 Å². The minimum atomic E-state index is -0.501. The van der Waals surface area contributed by atoms with Gasteiger partial charge < -0.3 is 19.3 Å². The van der Waals surface area contributed by atoms with Gasteiger partial charge in [0.15, 0.2) is 11.5 Å². The Morgan fingerprint density at radius 3 is 2.69 bits per heavy atom. The third-order valence-corrected chi connectivity index (χ3v) is 5.67. The number of thiophene rings is 1. The second-order valence-electron chi connectivity index (χ2n) is 6.38. The summed E-state index contributed by atoms with van der Waals surface area (Å²) in [7, 11) is 3.33. The molecule has 0 fully saturated rings.